The highest BCUT2D eigenvalue weighted by Gasteiger charge is 2.41. The van der Waals surface area contributed by atoms with Crippen molar-refractivity contribution in [1.29, 1.82) is 0 Å². The van der Waals surface area contributed by atoms with E-state index in [2.05, 4.69) is 11.2 Å². The molecule has 0 radical (unpaired) electrons. The fourth-order valence-corrected chi connectivity index (χ4v) is 2.38. The molecule has 0 bridgehead atoms. The molecule has 66 valence electrons. The van der Waals surface area contributed by atoms with Crippen LogP contribution in [0.25, 0.3) is 0 Å². The Morgan fingerprint density at radius 3 is 2.92 bits per heavy atom. The monoisotopic (exact) mass is 163 g/mol. The van der Waals surface area contributed by atoms with E-state index in [1.807, 2.05) is 0 Å². The summed E-state index contributed by atoms with van der Waals surface area (Å²) in [6.45, 7) is 1.01. The first kappa shape index (κ1) is 8.13. The molecule has 2 aliphatic rings. The SMILES string of the molecule is C#CCCNC1CCC2CC2C1. The molecule has 0 heterocycles. The summed E-state index contributed by atoms with van der Waals surface area (Å²) in [4.78, 5) is 0. The summed E-state index contributed by atoms with van der Waals surface area (Å²) in [7, 11) is 0. The zero-order valence-electron chi connectivity index (χ0n) is 7.55. The van der Waals surface area contributed by atoms with Gasteiger partial charge in [0.15, 0.2) is 0 Å². The first-order valence-corrected chi connectivity index (χ1v) is 5.07. The van der Waals surface area contributed by atoms with Crippen LogP contribution in [0.2, 0.25) is 0 Å². The summed E-state index contributed by atoms with van der Waals surface area (Å²) in [5, 5.41) is 3.54. The van der Waals surface area contributed by atoms with Crippen molar-refractivity contribution >= 4 is 0 Å². The van der Waals surface area contributed by atoms with E-state index in [1.54, 1.807) is 0 Å². The second kappa shape index (κ2) is 3.49. The number of nitrogens with one attached hydrogen (secondary N) is 1. The molecule has 0 aliphatic heterocycles. The van der Waals surface area contributed by atoms with Crippen molar-refractivity contribution in [1.82, 2.24) is 5.32 Å². The van der Waals surface area contributed by atoms with E-state index >= 15 is 0 Å². The quantitative estimate of drug-likeness (QED) is 0.494. The average Bonchev–Trinajstić information content (AvgIpc) is 2.83. The van der Waals surface area contributed by atoms with Crippen LogP contribution in [0, 0.1) is 24.2 Å². The van der Waals surface area contributed by atoms with E-state index in [4.69, 9.17) is 6.42 Å². The van der Waals surface area contributed by atoms with Crippen LogP contribution in [-0.4, -0.2) is 12.6 Å². The van der Waals surface area contributed by atoms with Gasteiger partial charge in [-0.25, -0.2) is 0 Å². The number of hydrogen-bond acceptors (Lipinski definition) is 1. The lowest BCUT2D eigenvalue weighted by Gasteiger charge is -2.21. The van der Waals surface area contributed by atoms with Crippen molar-refractivity contribution in [3.63, 3.8) is 0 Å². The van der Waals surface area contributed by atoms with Gasteiger partial charge in [0.2, 0.25) is 0 Å². The van der Waals surface area contributed by atoms with E-state index in [0.717, 1.165) is 30.8 Å². The summed E-state index contributed by atoms with van der Waals surface area (Å²) in [5.74, 6) is 4.84. The van der Waals surface area contributed by atoms with Gasteiger partial charge < -0.3 is 5.32 Å². The van der Waals surface area contributed by atoms with E-state index in [9.17, 15) is 0 Å². The van der Waals surface area contributed by atoms with Crippen molar-refractivity contribution in [2.45, 2.75) is 38.1 Å². The van der Waals surface area contributed by atoms with Crippen molar-refractivity contribution in [2.75, 3.05) is 6.54 Å². The van der Waals surface area contributed by atoms with Crippen LogP contribution < -0.4 is 5.32 Å². The van der Waals surface area contributed by atoms with Crippen LogP contribution in [0.15, 0.2) is 0 Å². The number of fused-ring (bicyclic) bond motifs is 1. The van der Waals surface area contributed by atoms with Crippen LogP contribution in [0.5, 0.6) is 0 Å². The lowest BCUT2D eigenvalue weighted by Crippen LogP contribution is -2.32. The molecule has 2 saturated carbocycles. The summed E-state index contributed by atoms with van der Waals surface area (Å²) < 4.78 is 0. The summed E-state index contributed by atoms with van der Waals surface area (Å²) >= 11 is 0. The minimum atomic E-state index is 0.780. The molecule has 0 saturated heterocycles. The van der Waals surface area contributed by atoms with Crippen LogP contribution in [0.3, 0.4) is 0 Å². The van der Waals surface area contributed by atoms with E-state index < -0.39 is 0 Å². The van der Waals surface area contributed by atoms with Gasteiger partial charge in [0.25, 0.3) is 0 Å². The Bertz CT molecular complexity index is 192. The lowest BCUT2D eigenvalue weighted by molar-refractivity contribution is 0.363. The zero-order valence-corrected chi connectivity index (χ0v) is 7.55. The number of terminal acetylenes is 1. The molecule has 1 nitrogen and oxygen atoms in total. The molecule has 1 N–H and O–H groups in total. The highest BCUT2D eigenvalue weighted by Crippen LogP contribution is 2.49. The zero-order chi connectivity index (χ0) is 8.39. The minimum absolute atomic E-state index is 0.780. The van der Waals surface area contributed by atoms with E-state index in [-0.39, 0.29) is 0 Å². The van der Waals surface area contributed by atoms with Crippen LogP contribution in [-0.2, 0) is 0 Å². The average molecular weight is 163 g/mol. The van der Waals surface area contributed by atoms with Gasteiger partial charge >= 0.3 is 0 Å². The Morgan fingerprint density at radius 1 is 1.25 bits per heavy atom. The topological polar surface area (TPSA) is 12.0 Å². The number of hydrogen-bond donors (Lipinski definition) is 1. The van der Waals surface area contributed by atoms with Crippen molar-refractivity contribution in [2.24, 2.45) is 11.8 Å². The van der Waals surface area contributed by atoms with Crippen LogP contribution in [0.1, 0.15) is 32.1 Å². The smallest absolute Gasteiger partial charge is 0.0211 e. The van der Waals surface area contributed by atoms with Crippen molar-refractivity contribution in [3.8, 4) is 12.3 Å². The normalized spacial score (nSPS) is 38.4. The maximum Gasteiger partial charge on any atom is 0.0211 e. The van der Waals surface area contributed by atoms with Crippen LogP contribution in [0.4, 0.5) is 0 Å². The van der Waals surface area contributed by atoms with Gasteiger partial charge in [0.05, 0.1) is 0 Å². The second-order valence-corrected chi connectivity index (χ2v) is 4.17. The molecule has 3 atom stereocenters. The second-order valence-electron chi connectivity index (χ2n) is 4.17. The van der Waals surface area contributed by atoms with Crippen molar-refractivity contribution < 1.29 is 0 Å². The summed E-state index contributed by atoms with van der Waals surface area (Å²) in [5.41, 5.74) is 0. The molecule has 0 amide bonds. The Kier molecular flexibility index (Phi) is 2.37. The van der Waals surface area contributed by atoms with Gasteiger partial charge in [-0.15, -0.1) is 12.3 Å². The fraction of sp³-hybridized carbons (Fsp3) is 0.818. The third-order valence-corrected chi connectivity index (χ3v) is 3.24. The highest BCUT2D eigenvalue weighted by atomic mass is 14.9. The molecule has 2 fully saturated rings. The third kappa shape index (κ3) is 1.81. The molecule has 0 spiro atoms. The summed E-state index contributed by atoms with van der Waals surface area (Å²) in [6.07, 6.45) is 11.8. The Balaban J connectivity index is 1.64. The molecular weight excluding hydrogens is 146 g/mol. The molecular formula is C11H17N. The van der Waals surface area contributed by atoms with Gasteiger partial charge in [-0.3, -0.25) is 0 Å². The number of rotatable bonds is 3. The Hall–Kier alpha value is -0.480. The molecule has 2 rings (SSSR count). The largest absolute Gasteiger partial charge is 0.313 e. The van der Waals surface area contributed by atoms with Gasteiger partial charge in [0, 0.05) is 19.0 Å². The van der Waals surface area contributed by atoms with E-state index in [0.29, 0.717) is 0 Å². The molecule has 12 heavy (non-hydrogen) atoms. The van der Waals surface area contributed by atoms with Crippen molar-refractivity contribution in [3.05, 3.63) is 0 Å². The van der Waals surface area contributed by atoms with Crippen LogP contribution >= 0.6 is 0 Å². The molecule has 0 aromatic heterocycles. The lowest BCUT2D eigenvalue weighted by atomic mass is 9.95. The standard InChI is InChI=1S/C11H17N/c1-2-3-6-12-11-5-4-9-7-10(9)8-11/h1,9-12H,3-8H2. The predicted octanol–water partition coefficient (Wildman–Crippen LogP) is 1.79. The van der Waals surface area contributed by atoms with Gasteiger partial charge in [-0.2, -0.15) is 0 Å². The first-order valence-electron chi connectivity index (χ1n) is 5.07. The fourth-order valence-electron chi connectivity index (χ4n) is 2.38. The van der Waals surface area contributed by atoms with Gasteiger partial charge in [-0.1, -0.05) is 0 Å². The molecule has 3 unspecified atom stereocenters. The maximum absolute atomic E-state index is 5.19. The molecule has 1 heteroatoms. The molecule has 0 aromatic rings. The first-order chi connectivity index (χ1) is 5.90. The highest BCUT2D eigenvalue weighted by molar-refractivity contribution is 4.95. The summed E-state index contributed by atoms with van der Waals surface area (Å²) in [6, 6.07) is 0.780. The molecule has 2 aliphatic carbocycles. The van der Waals surface area contributed by atoms with E-state index in [1.165, 1.54) is 25.7 Å². The molecule has 0 aromatic carbocycles. The van der Waals surface area contributed by atoms with Gasteiger partial charge in [-0.05, 0) is 37.5 Å². The Labute approximate surface area is 74.9 Å². The minimum Gasteiger partial charge on any atom is -0.313 e. The Morgan fingerprint density at radius 2 is 2.17 bits per heavy atom. The predicted molar refractivity (Wildman–Crippen MR) is 50.7 cm³/mol. The van der Waals surface area contributed by atoms with Gasteiger partial charge in [0.1, 0.15) is 0 Å². The maximum atomic E-state index is 5.19. The third-order valence-electron chi connectivity index (χ3n) is 3.24.